The van der Waals surface area contributed by atoms with Crippen molar-refractivity contribution in [3.05, 3.63) is 60.0 Å². The van der Waals surface area contributed by atoms with E-state index in [2.05, 4.69) is 15.3 Å². The van der Waals surface area contributed by atoms with Crippen molar-refractivity contribution in [3.8, 4) is 0 Å². The lowest BCUT2D eigenvalue weighted by Crippen LogP contribution is -2.48. The zero-order valence-electron chi connectivity index (χ0n) is 16.1. The van der Waals surface area contributed by atoms with Crippen molar-refractivity contribution in [2.45, 2.75) is 6.54 Å². The average Bonchev–Trinajstić information content (AvgIpc) is 3.14. The van der Waals surface area contributed by atoms with Gasteiger partial charge in [-0.25, -0.2) is 4.39 Å². The third-order valence-electron chi connectivity index (χ3n) is 5.12. The van der Waals surface area contributed by atoms with Crippen LogP contribution in [0.1, 0.15) is 10.4 Å². The van der Waals surface area contributed by atoms with Crippen LogP contribution in [0.2, 0.25) is 0 Å². The number of rotatable bonds is 4. The maximum Gasteiger partial charge on any atom is 0.257 e. The van der Waals surface area contributed by atoms with Gasteiger partial charge in [-0.15, -0.1) is 0 Å². The number of halogens is 1. The predicted octanol–water partition coefficient (Wildman–Crippen LogP) is 2.20. The Labute approximate surface area is 167 Å². The molecular formula is C21H22FN5O2. The van der Waals surface area contributed by atoms with Crippen LogP contribution in [-0.4, -0.2) is 64.6 Å². The molecule has 0 saturated carbocycles. The first-order valence-electron chi connectivity index (χ1n) is 9.49. The number of benzene rings is 2. The van der Waals surface area contributed by atoms with Crippen LogP contribution < -0.4 is 5.32 Å². The van der Waals surface area contributed by atoms with E-state index in [-0.39, 0.29) is 24.2 Å². The molecule has 7 nitrogen and oxygen atoms in total. The van der Waals surface area contributed by atoms with Gasteiger partial charge >= 0.3 is 0 Å². The molecule has 0 radical (unpaired) electrons. The number of carbonyl (C=O) groups is 2. The summed E-state index contributed by atoms with van der Waals surface area (Å²) in [6.45, 7) is 3.28. The topological polar surface area (TPSA) is 70.5 Å². The maximum absolute atomic E-state index is 13.4. The van der Waals surface area contributed by atoms with Crippen LogP contribution in [0, 0.1) is 5.82 Å². The Morgan fingerprint density at radius 2 is 1.90 bits per heavy atom. The molecule has 150 valence electrons. The van der Waals surface area contributed by atoms with E-state index in [0.717, 1.165) is 13.1 Å². The number of aromatic nitrogens is 2. The quantitative estimate of drug-likeness (QED) is 0.735. The van der Waals surface area contributed by atoms with E-state index in [1.807, 2.05) is 11.9 Å². The molecule has 2 amide bonds. The molecule has 2 heterocycles. The van der Waals surface area contributed by atoms with Crippen LogP contribution in [-0.2, 0) is 11.3 Å². The van der Waals surface area contributed by atoms with E-state index in [4.69, 9.17) is 0 Å². The highest BCUT2D eigenvalue weighted by molar-refractivity contribution is 6.12. The number of nitrogens with zero attached hydrogens (tertiary/aromatic N) is 4. The highest BCUT2D eigenvalue weighted by atomic mass is 19.1. The fourth-order valence-corrected chi connectivity index (χ4v) is 3.45. The molecule has 0 spiro atoms. The Bertz CT molecular complexity index is 1060. The number of hydrogen-bond acceptors (Lipinski definition) is 4. The van der Waals surface area contributed by atoms with Crippen LogP contribution in [0.4, 0.5) is 10.2 Å². The van der Waals surface area contributed by atoms with Crippen molar-refractivity contribution >= 4 is 28.4 Å². The van der Waals surface area contributed by atoms with Gasteiger partial charge in [0.1, 0.15) is 12.4 Å². The number of carbonyl (C=O) groups excluding carboxylic acids is 2. The molecule has 4 rings (SSSR count). The molecule has 29 heavy (non-hydrogen) atoms. The summed E-state index contributed by atoms with van der Waals surface area (Å²) in [4.78, 5) is 29.1. The summed E-state index contributed by atoms with van der Waals surface area (Å²) in [5.74, 6) is -0.313. The second-order valence-electron chi connectivity index (χ2n) is 7.21. The van der Waals surface area contributed by atoms with Crippen LogP contribution in [0.3, 0.4) is 0 Å². The Morgan fingerprint density at radius 3 is 2.69 bits per heavy atom. The van der Waals surface area contributed by atoms with Crippen LogP contribution in [0.15, 0.2) is 48.7 Å². The molecule has 8 heteroatoms. The lowest BCUT2D eigenvalue weighted by Gasteiger charge is -2.32. The SMILES string of the molecule is CN1CCN(C(=O)Cn2ccc(NC(=O)c3cccc4cc(F)ccc34)n2)CC1. The highest BCUT2D eigenvalue weighted by Crippen LogP contribution is 2.21. The zero-order valence-corrected chi connectivity index (χ0v) is 16.1. The second kappa shape index (κ2) is 8.00. The highest BCUT2D eigenvalue weighted by Gasteiger charge is 2.19. The number of nitrogens with one attached hydrogen (secondary N) is 1. The van der Waals surface area contributed by atoms with E-state index in [1.54, 1.807) is 36.5 Å². The summed E-state index contributed by atoms with van der Waals surface area (Å²) in [6.07, 6.45) is 1.67. The van der Waals surface area contributed by atoms with E-state index >= 15 is 0 Å². The van der Waals surface area contributed by atoms with E-state index in [9.17, 15) is 14.0 Å². The van der Waals surface area contributed by atoms with E-state index in [0.29, 0.717) is 35.2 Å². The fraction of sp³-hybridized carbons (Fsp3) is 0.286. The number of piperazine rings is 1. The number of fused-ring (bicyclic) bond motifs is 1. The number of hydrogen-bond donors (Lipinski definition) is 1. The largest absolute Gasteiger partial charge is 0.339 e. The molecule has 0 atom stereocenters. The third kappa shape index (κ3) is 4.27. The molecule has 2 aromatic carbocycles. The standard InChI is InChI=1S/C21H22FN5O2/c1-25-9-11-26(12-10-25)20(28)14-27-8-7-19(24-27)23-21(29)18-4-2-3-15-13-16(22)5-6-17(15)18/h2-8,13H,9-12,14H2,1H3,(H,23,24,29). The van der Waals surface area contributed by atoms with Crippen LogP contribution in [0.25, 0.3) is 10.8 Å². The molecule has 0 bridgehead atoms. The summed E-state index contributed by atoms with van der Waals surface area (Å²) in [5, 5.41) is 8.35. The van der Waals surface area contributed by atoms with Crippen LogP contribution in [0.5, 0.6) is 0 Å². The van der Waals surface area contributed by atoms with Gasteiger partial charge in [0.25, 0.3) is 5.91 Å². The monoisotopic (exact) mass is 395 g/mol. The molecule has 1 aliphatic rings. The molecule has 3 aromatic rings. The van der Waals surface area contributed by atoms with Gasteiger partial charge in [-0.05, 0) is 36.0 Å². The first-order valence-corrected chi connectivity index (χ1v) is 9.49. The number of anilines is 1. The summed E-state index contributed by atoms with van der Waals surface area (Å²) in [7, 11) is 2.04. The summed E-state index contributed by atoms with van der Waals surface area (Å²) in [6, 6.07) is 11.1. The first-order chi connectivity index (χ1) is 14.0. The molecular weight excluding hydrogens is 373 g/mol. The Kier molecular flexibility index (Phi) is 5.26. The lowest BCUT2D eigenvalue weighted by atomic mass is 10.0. The van der Waals surface area contributed by atoms with Crippen molar-refractivity contribution in [1.82, 2.24) is 19.6 Å². The fourth-order valence-electron chi connectivity index (χ4n) is 3.45. The van der Waals surface area contributed by atoms with Crippen LogP contribution >= 0.6 is 0 Å². The molecule has 1 saturated heterocycles. The molecule has 1 fully saturated rings. The molecule has 0 unspecified atom stereocenters. The van der Waals surface area contributed by atoms with Crippen molar-refractivity contribution in [1.29, 1.82) is 0 Å². The van der Waals surface area contributed by atoms with Gasteiger partial charge in [-0.1, -0.05) is 18.2 Å². The van der Waals surface area contributed by atoms with Crippen molar-refractivity contribution < 1.29 is 14.0 Å². The summed E-state index contributed by atoms with van der Waals surface area (Å²) in [5.41, 5.74) is 0.436. The minimum absolute atomic E-state index is 0.00940. The van der Waals surface area contributed by atoms with Gasteiger partial charge in [0, 0.05) is 44.0 Å². The Hall–Kier alpha value is -3.26. The molecule has 1 N–H and O–H groups in total. The van der Waals surface area contributed by atoms with Gasteiger partial charge in [0.15, 0.2) is 5.82 Å². The lowest BCUT2D eigenvalue weighted by molar-refractivity contribution is -0.133. The number of likely N-dealkylation sites (N-methyl/N-ethyl adjacent to an activating group) is 1. The van der Waals surface area contributed by atoms with Crippen molar-refractivity contribution in [3.63, 3.8) is 0 Å². The van der Waals surface area contributed by atoms with Crippen molar-refractivity contribution in [2.24, 2.45) is 0 Å². The minimum atomic E-state index is -0.348. The number of amides is 2. The van der Waals surface area contributed by atoms with E-state index in [1.165, 1.54) is 16.8 Å². The van der Waals surface area contributed by atoms with Gasteiger partial charge in [-0.2, -0.15) is 5.10 Å². The average molecular weight is 395 g/mol. The normalized spacial score (nSPS) is 14.9. The minimum Gasteiger partial charge on any atom is -0.339 e. The molecule has 0 aliphatic carbocycles. The predicted molar refractivity (Wildman–Crippen MR) is 108 cm³/mol. The van der Waals surface area contributed by atoms with Crippen molar-refractivity contribution in [2.75, 3.05) is 38.5 Å². The smallest absolute Gasteiger partial charge is 0.257 e. The summed E-state index contributed by atoms with van der Waals surface area (Å²) >= 11 is 0. The molecule has 1 aromatic heterocycles. The molecule has 1 aliphatic heterocycles. The zero-order chi connectivity index (χ0) is 20.4. The first kappa shape index (κ1) is 19.1. The Balaban J connectivity index is 1.43. The van der Waals surface area contributed by atoms with E-state index < -0.39 is 0 Å². The summed E-state index contributed by atoms with van der Waals surface area (Å²) < 4.78 is 15.0. The van der Waals surface area contributed by atoms with Gasteiger partial charge in [-0.3, -0.25) is 14.3 Å². The van der Waals surface area contributed by atoms with Gasteiger partial charge in [0.2, 0.25) is 5.91 Å². The Morgan fingerprint density at radius 1 is 1.10 bits per heavy atom. The van der Waals surface area contributed by atoms with Gasteiger partial charge in [0.05, 0.1) is 0 Å². The maximum atomic E-state index is 13.4. The third-order valence-corrected chi connectivity index (χ3v) is 5.12. The second-order valence-corrected chi connectivity index (χ2v) is 7.21. The van der Waals surface area contributed by atoms with Gasteiger partial charge < -0.3 is 15.1 Å².